The fraction of sp³-hybridized carbons (Fsp3) is 0.222. The van der Waals surface area contributed by atoms with E-state index in [2.05, 4.69) is 60.7 Å². The molecule has 1 atom stereocenters. The summed E-state index contributed by atoms with van der Waals surface area (Å²) in [6.07, 6.45) is 0. The third-order valence-electron chi connectivity index (χ3n) is 1.44. The quantitative estimate of drug-likeness (QED) is 0.666. The lowest BCUT2D eigenvalue weighted by Crippen LogP contribution is -1.85. The van der Waals surface area contributed by atoms with E-state index in [4.69, 9.17) is 0 Å². The van der Waals surface area contributed by atoms with Gasteiger partial charge < -0.3 is 0 Å². The third-order valence-corrected chi connectivity index (χ3v) is 2.16. The molecular weight excluding hydrogens is 235 g/mol. The van der Waals surface area contributed by atoms with E-state index < -0.39 is 0 Å². The van der Waals surface area contributed by atoms with Crippen molar-refractivity contribution in [3.8, 4) is 0 Å². The Labute approximate surface area is 75.8 Å². The lowest BCUT2D eigenvalue weighted by Gasteiger charge is -2.03. The summed E-state index contributed by atoms with van der Waals surface area (Å²) in [6.45, 7) is 6.04. The second kappa shape index (κ2) is 3.37. The second-order valence-corrected chi connectivity index (χ2v) is 3.70. The van der Waals surface area contributed by atoms with Gasteiger partial charge in [0.2, 0.25) is 0 Å². The van der Waals surface area contributed by atoms with Crippen LogP contribution in [0, 0.1) is 10.5 Å². The summed E-state index contributed by atoms with van der Waals surface area (Å²) < 4.78 is 1.28. The highest BCUT2D eigenvalue weighted by Crippen LogP contribution is 2.14. The molecule has 1 heteroatoms. The largest absolute Gasteiger partial charge is 0.0584 e. The van der Waals surface area contributed by atoms with Crippen LogP contribution in [0.3, 0.4) is 0 Å². The number of benzene rings is 1. The van der Waals surface area contributed by atoms with Crippen LogP contribution in [0.2, 0.25) is 0 Å². The number of halogens is 1. The van der Waals surface area contributed by atoms with Crippen molar-refractivity contribution in [2.24, 2.45) is 0 Å². The van der Waals surface area contributed by atoms with Gasteiger partial charge in [-0.05, 0) is 53.1 Å². The molecule has 0 heterocycles. The van der Waals surface area contributed by atoms with E-state index in [0.717, 1.165) is 0 Å². The molecule has 0 saturated heterocycles. The van der Waals surface area contributed by atoms with Crippen LogP contribution in [0.4, 0.5) is 0 Å². The SMILES string of the molecule is [CH2][C@H](C)c1ccc(I)cc1. The Morgan fingerprint density at radius 2 is 1.80 bits per heavy atom. The van der Waals surface area contributed by atoms with Crippen molar-refractivity contribution in [2.75, 3.05) is 0 Å². The Hall–Kier alpha value is -0.0500. The standard InChI is InChI=1S/C9H10I/c1-7(2)8-3-5-9(10)6-4-8/h3-7H,1H2,2H3/t7-/m1/s1. The molecule has 0 aliphatic heterocycles. The molecule has 0 bridgehead atoms. The van der Waals surface area contributed by atoms with Crippen molar-refractivity contribution in [3.63, 3.8) is 0 Å². The lowest BCUT2D eigenvalue weighted by molar-refractivity contribution is 0.964. The Kier molecular flexibility index (Phi) is 2.72. The Morgan fingerprint density at radius 1 is 1.30 bits per heavy atom. The van der Waals surface area contributed by atoms with E-state index in [1.807, 2.05) is 0 Å². The Balaban J connectivity index is 2.89. The zero-order valence-electron chi connectivity index (χ0n) is 5.97. The lowest BCUT2D eigenvalue weighted by atomic mass is 10.0. The number of rotatable bonds is 1. The van der Waals surface area contributed by atoms with Gasteiger partial charge in [-0.1, -0.05) is 19.1 Å². The molecule has 0 aliphatic rings. The van der Waals surface area contributed by atoms with Crippen molar-refractivity contribution in [1.82, 2.24) is 0 Å². The van der Waals surface area contributed by atoms with Crippen molar-refractivity contribution >= 4 is 22.6 Å². The van der Waals surface area contributed by atoms with E-state index in [0.29, 0.717) is 5.92 Å². The van der Waals surface area contributed by atoms with Crippen LogP contribution in [0.15, 0.2) is 24.3 Å². The minimum atomic E-state index is 0.400. The van der Waals surface area contributed by atoms with Gasteiger partial charge in [0.25, 0.3) is 0 Å². The van der Waals surface area contributed by atoms with E-state index in [1.165, 1.54) is 9.13 Å². The summed E-state index contributed by atoms with van der Waals surface area (Å²) in [5.41, 5.74) is 1.31. The van der Waals surface area contributed by atoms with E-state index in [1.54, 1.807) is 0 Å². The molecule has 1 aromatic rings. The monoisotopic (exact) mass is 245 g/mol. The molecule has 53 valence electrons. The fourth-order valence-electron chi connectivity index (χ4n) is 0.791. The molecular formula is C9H10I. The first-order valence-corrected chi connectivity index (χ1v) is 4.36. The van der Waals surface area contributed by atoms with Crippen LogP contribution >= 0.6 is 22.6 Å². The van der Waals surface area contributed by atoms with E-state index in [9.17, 15) is 0 Å². The van der Waals surface area contributed by atoms with E-state index >= 15 is 0 Å². The average molecular weight is 245 g/mol. The minimum absolute atomic E-state index is 0.400. The van der Waals surface area contributed by atoms with E-state index in [-0.39, 0.29) is 0 Å². The first kappa shape index (κ1) is 8.05. The normalized spacial score (nSPS) is 10.4. The van der Waals surface area contributed by atoms with Gasteiger partial charge in [-0.3, -0.25) is 0 Å². The van der Waals surface area contributed by atoms with Crippen LogP contribution in [0.5, 0.6) is 0 Å². The molecule has 0 unspecified atom stereocenters. The third kappa shape index (κ3) is 1.97. The molecule has 1 aromatic carbocycles. The number of hydrogen-bond acceptors (Lipinski definition) is 0. The maximum Gasteiger partial charge on any atom is 0.0130 e. The van der Waals surface area contributed by atoms with Crippen LogP contribution < -0.4 is 0 Å². The first-order valence-electron chi connectivity index (χ1n) is 3.28. The molecule has 1 radical (unpaired) electrons. The smallest absolute Gasteiger partial charge is 0.0130 e. The molecule has 0 N–H and O–H groups in total. The predicted molar refractivity (Wildman–Crippen MR) is 52.9 cm³/mol. The minimum Gasteiger partial charge on any atom is -0.0584 e. The van der Waals surface area contributed by atoms with Crippen LogP contribution in [-0.2, 0) is 0 Å². The molecule has 0 aliphatic carbocycles. The Morgan fingerprint density at radius 3 is 2.20 bits per heavy atom. The summed E-state index contributed by atoms with van der Waals surface area (Å²) in [4.78, 5) is 0. The van der Waals surface area contributed by atoms with Crippen molar-refractivity contribution < 1.29 is 0 Å². The topological polar surface area (TPSA) is 0 Å². The molecule has 0 aromatic heterocycles. The van der Waals surface area contributed by atoms with Crippen LogP contribution in [-0.4, -0.2) is 0 Å². The average Bonchev–Trinajstić information content (AvgIpc) is 1.88. The summed E-state index contributed by atoms with van der Waals surface area (Å²) >= 11 is 2.30. The van der Waals surface area contributed by atoms with Gasteiger partial charge in [0.15, 0.2) is 0 Å². The second-order valence-electron chi connectivity index (χ2n) is 2.45. The fourth-order valence-corrected chi connectivity index (χ4v) is 1.15. The van der Waals surface area contributed by atoms with Gasteiger partial charge in [-0.25, -0.2) is 0 Å². The van der Waals surface area contributed by atoms with Gasteiger partial charge in [-0.2, -0.15) is 0 Å². The van der Waals surface area contributed by atoms with Gasteiger partial charge in [-0.15, -0.1) is 0 Å². The highest BCUT2D eigenvalue weighted by Gasteiger charge is 1.96. The van der Waals surface area contributed by atoms with Crippen molar-refractivity contribution in [2.45, 2.75) is 12.8 Å². The van der Waals surface area contributed by atoms with Gasteiger partial charge >= 0.3 is 0 Å². The zero-order valence-corrected chi connectivity index (χ0v) is 8.13. The van der Waals surface area contributed by atoms with Crippen LogP contribution in [0.1, 0.15) is 18.4 Å². The van der Waals surface area contributed by atoms with Gasteiger partial charge in [0.1, 0.15) is 0 Å². The summed E-state index contributed by atoms with van der Waals surface area (Å²) in [6, 6.07) is 8.47. The molecule has 0 spiro atoms. The predicted octanol–water partition coefficient (Wildman–Crippen LogP) is 3.23. The molecule has 0 saturated carbocycles. The summed E-state index contributed by atoms with van der Waals surface area (Å²) in [5, 5.41) is 0. The maximum atomic E-state index is 3.94. The van der Waals surface area contributed by atoms with Crippen molar-refractivity contribution in [1.29, 1.82) is 0 Å². The molecule has 10 heavy (non-hydrogen) atoms. The molecule has 0 fully saturated rings. The number of hydrogen-bond donors (Lipinski definition) is 0. The van der Waals surface area contributed by atoms with Crippen LogP contribution in [0.25, 0.3) is 0 Å². The van der Waals surface area contributed by atoms with Gasteiger partial charge in [0.05, 0.1) is 0 Å². The van der Waals surface area contributed by atoms with Gasteiger partial charge in [0, 0.05) is 3.57 Å². The summed E-state index contributed by atoms with van der Waals surface area (Å²) in [7, 11) is 0. The first-order chi connectivity index (χ1) is 4.70. The highest BCUT2D eigenvalue weighted by molar-refractivity contribution is 14.1. The zero-order chi connectivity index (χ0) is 7.56. The van der Waals surface area contributed by atoms with Crippen molar-refractivity contribution in [3.05, 3.63) is 40.3 Å². The Bertz CT molecular complexity index is 198. The molecule has 0 amide bonds. The molecule has 0 nitrogen and oxygen atoms in total. The molecule has 1 rings (SSSR count). The maximum absolute atomic E-state index is 3.94. The summed E-state index contributed by atoms with van der Waals surface area (Å²) in [5.74, 6) is 0.400. The highest BCUT2D eigenvalue weighted by atomic mass is 127.